The quantitative estimate of drug-likeness (QED) is 0.676. The van der Waals surface area contributed by atoms with Crippen LogP contribution in [-0.4, -0.2) is 25.1 Å². The van der Waals surface area contributed by atoms with Gasteiger partial charge in [0.1, 0.15) is 11.5 Å². The van der Waals surface area contributed by atoms with Crippen molar-refractivity contribution in [2.45, 2.75) is 6.54 Å². The summed E-state index contributed by atoms with van der Waals surface area (Å²) in [6.07, 6.45) is 2.75. The molecule has 0 radical (unpaired) electrons. The van der Waals surface area contributed by atoms with Gasteiger partial charge in [0.25, 0.3) is 0 Å². The number of rotatable bonds is 5. The van der Waals surface area contributed by atoms with Crippen molar-refractivity contribution in [3.05, 3.63) is 59.8 Å². The molecule has 0 saturated carbocycles. The Kier molecular flexibility index (Phi) is 3.83. The van der Waals surface area contributed by atoms with E-state index in [0.717, 1.165) is 34.3 Å². The predicted molar refractivity (Wildman–Crippen MR) is 86.0 cm³/mol. The van der Waals surface area contributed by atoms with Crippen LogP contribution in [0.5, 0.6) is 11.5 Å². The van der Waals surface area contributed by atoms with Crippen LogP contribution >= 0.6 is 0 Å². The minimum absolute atomic E-state index is 0.664. The molecule has 0 atom stereocenters. The van der Waals surface area contributed by atoms with Crippen molar-refractivity contribution < 1.29 is 14.3 Å². The van der Waals surface area contributed by atoms with E-state index in [0.29, 0.717) is 12.1 Å². The fourth-order valence-electron chi connectivity index (χ4n) is 2.62. The average molecular weight is 295 g/mol. The van der Waals surface area contributed by atoms with Crippen molar-refractivity contribution in [1.29, 1.82) is 0 Å². The summed E-state index contributed by atoms with van der Waals surface area (Å²) in [5.41, 5.74) is 2.78. The van der Waals surface area contributed by atoms with E-state index >= 15 is 0 Å². The van der Waals surface area contributed by atoms with Crippen molar-refractivity contribution in [2.24, 2.45) is 0 Å². The molecule has 1 aromatic heterocycles. The number of nitrogens with zero attached hydrogens (tertiary/aromatic N) is 1. The van der Waals surface area contributed by atoms with Crippen LogP contribution in [0.2, 0.25) is 0 Å². The second kappa shape index (κ2) is 5.93. The molecule has 0 spiro atoms. The lowest BCUT2D eigenvalue weighted by Crippen LogP contribution is -1.98. The van der Waals surface area contributed by atoms with Crippen LogP contribution in [-0.2, 0) is 6.54 Å². The molecule has 1 heterocycles. The van der Waals surface area contributed by atoms with E-state index in [1.807, 2.05) is 48.7 Å². The average Bonchev–Trinajstić information content (AvgIpc) is 2.92. The van der Waals surface area contributed by atoms with Gasteiger partial charge < -0.3 is 14.0 Å². The first kappa shape index (κ1) is 14.2. The number of aromatic nitrogens is 1. The Morgan fingerprint density at radius 1 is 1.05 bits per heavy atom. The molecular formula is C18H17NO3. The molecular weight excluding hydrogens is 278 g/mol. The molecule has 0 bridgehead atoms. The van der Waals surface area contributed by atoms with Crippen LogP contribution in [0.4, 0.5) is 0 Å². The second-order valence-electron chi connectivity index (χ2n) is 5.06. The molecule has 0 N–H and O–H groups in total. The smallest absolute Gasteiger partial charge is 0.152 e. The largest absolute Gasteiger partial charge is 0.497 e. The Labute approximate surface area is 128 Å². The van der Waals surface area contributed by atoms with Gasteiger partial charge in [-0.2, -0.15) is 0 Å². The van der Waals surface area contributed by atoms with Crippen LogP contribution in [0.1, 0.15) is 15.9 Å². The van der Waals surface area contributed by atoms with Crippen LogP contribution in [0.15, 0.2) is 48.7 Å². The Hall–Kier alpha value is -2.75. The van der Waals surface area contributed by atoms with E-state index in [4.69, 9.17) is 9.47 Å². The van der Waals surface area contributed by atoms with E-state index < -0.39 is 0 Å². The highest BCUT2D eigenvalue weighted by Crippen LogP contribution is 2.26. The lowest BCUT2D eigenvalue weighted by Gasteiger charge is -2.08. The summed E-state index contributed by atoms with van der Waals surface area (Å²) < 4.78 is 12.6. The van der Waals surface area contributed by atoms with Gasteiger partial charge in [-0.15, -0.1) is 0 Å². The summed E-state index contributed by atoms with van der Waals surface area (Å²) in [4.78, 5) is 11.3. The summed E-state index contributed by atoms with van der Waals surface area (Å²) in [5.74, 6) is 1.57. The predicted octanol–water partition coefficient (Wildman–Crippen LogP) is 3.52. The molecule has 3 aromatic rings. The van der Waals surface area contributed by atoms with E-state index in [9.17, 15) is 4.79 Å². The highest BCUT2D eigenvalue weighted by Gasteiger charge is 2.10. The van der Waals surface area contributed by atoms with Crippen LogP contribution in [0, 0.1) is 0 Å². The third-order valence-corrected chi connectivity index (χ3v) is 3.73. The number of hydrogen-bond acceptors (Lipinski definition) is 3. The van der Waals surface area contributed by atoms with Gasteiger partial charge in [0, 0.05) is 29.2 Å². The maximum Gasteiger partial charge on any atom is 0.152 e. The summed E-state index contributed by atoms with van der Waals surface area (Å²) >= 11 is 0. The van der Waals surface area contributed by atoms with E-state index in [-0.39, 0.29) is 0 Å². The number of methoxy groups -OCH3 is 2. The molecule has 22 heavy (non-hydrogen) atoms. The van der Waals surface area contributed by atoms with E-state index in [1.54, 1.807) is 14.2 Å². The molecule has 3 rings (SSSR count). The Balaban J connectivity index is 2.05. The van der Waals surface area contributed by atoms with Crippen molar-refractivity contribution in [3.63, 3.8) is 0 Å². The molecule has 0 amide bonds. The topological polar surface area (TPSA) is 40.5 Å². The maximum absolute atomic E-state index is 11.3. The highest BCUT2D eigenvalue weighted by molar-refractivity contribution is 5.98. The lowest BCUT2D eigenvalue weighted by molar-refractivity contribution is 0.112. The van der Waals surface area contributed by atoms with E-state index in [1.165, 1.54) is 0 Å². The summed E-state index contributed by atoms with van der Waals surface area (Å²) in [5, 5.41) is 0.900. The Morgan fingerprint density at radius 2 is 1.82 bits per heavy atom. The first-order valence-electron chi connectivity index (χ1n) is 7.00. The van der Waals surface area contributed by atoms with Crippen molar-refractivity contribution in [1.82, 2.24) is 4.57 Å². The number of hydrogen-bond donors (Lipinski definition) is 0. The van der Waals surface area contributed by atoms with Crippen molar-refractivity contribution >= 4 is 17.2 Å². The monoisotopic (exact) mass is 295 g/mol. The number of benzene rings is 2. The molecule has 0 fully saturated rings. The first-order valence-corrected chi connectivity index (χ1v) is 7.00. The molecule has 4 heteroatoms. The molecule has 4 nitrogen and oxygen atoms in total. The minimum Gasteiger partial charge on any atom is -0.497 e. The molecule has 0 aliphatic carbocycles. The van der Waals surface area contributed by atoms with Gasteiger partial charge in [-0.3, -0.25) is 4.79 Å². The summed E-state index contributed by atoms with van der Waals surface area (Å²) in [6, 6.07) is 13.7. The van der Waals surface area contributed by atoms with Gasteiger partial charge in [0.2, 0.25) is 0 Å². The first-order chi connectivity index (χ1) is 10.7. The van der Waals surface area contributed by atoms with Crippen LogP contribution in [0.25, 0.3) is 10.9 Å². The van der Waals surface area contributed by atoms with Crippen LogP contribution in [0.3, 0.4) is 0 Å². The molecule has 0 aliphatic heterocycles. The molecule has 112 valence electrons. The Bertz CT molecular complexity index is 820. The molecule has 0 unspecified atom stereocenters. The third kappa shape index (κ3) is 2.55. The van der Waals surface area contributed by atoms with Gasteiger partial charge >= 0.3 is 0 Å². The zero-order valence-corrected chi connectivity index (χ0v) is 12.6. The SMILES string of the molecule is COc1cccc(Cn2cc(C=O)c3cc(OC)ccc32)c1. The number of fused-ring (bicyclic) bond motifs is 1. The van der Waals surface area contributed by atoms with Gasteiger partial charge in [-0.05, 0) is 35.9 Å². The van der Waals surface area contributed by atoms with Gasteiger partial charge in [0.15, 0.2) is 6.29 Å². The van der Waals surface area contributed by atoms with Crippen LogP contribution < -0.4 is 9.47 Å². The zero-order valence-electron chi connectivity index (χ0n) is 12.6. The summed E-state index contributed by atoms with van der Waals surface area (Å²) in [6.45, 7) is 0.674. The lowest BCUT2D eigenvalue weighted by atomic mass is 10.2. The van der Waals surface area contributed by atoms with Gasteiger partial charge in [-0.25, -0.2) is 0 Å². The van der Waals surface area contributed by atoms with E-state index in [2.05, 4.69) is 4.57 Å². The normalized spacial score (nSPS) is 10.6. The van der Waals surface area contributed by atoms with Crippen molar-refractivity contribution in [2.75, 3.05) is 14.2 Å². The second-order valence-corrected chi connectivity index (χ2v) is 5.06. The fraction of sp³-hybridized carbons (Fsp3) is 0.167. The van der Waals surface area contributed by atoms with Gasteiger partial charge in [-0.1, -0.05) is 12.1 Å². The van der Waals surface area contributed by atoms with Crippen molar-refractivity contribution in [3.8, 4) is 11.5 Å². The third-order valence-electron chi connectivity index (χ3n) is 3.73. The Morgan fingerprint density at radius 3 is 2.55 bits per heavy atom. The zero-order chi connectivity index (χ0) is 15.5. The summed E-state index contributed by atoms with van der Waals surface area (Å²) in [7, 11) is 3.27. The number of carbonyl (C=O) groups is 1. The number of carbonyl (C=O) groups excluding carboxylic acids is 1. The maximum atomic E-state index is 11.3. The minimum atomic E-state index is 0.664. The molecule has 0 aliphatic rings. The fourth-order valence-corrected chi connectivity index (χ4v) is 2.62. The highest BCUT2D eigenvalue weighted by atomic mass is 16.5. The number of ether oxygens (including phenoxy) is 2. The standard InChI is InChI=1S/C18H17NO3/c1-21-15-5-3-4-13(8-15)10-19-11-14(12-20)17-9-16(22-2)6-7-18(17)19/h3-9,11-12H,10H2,1-2H3. The molecule has 0 saturated heterocycles. The molecule has 2 aromatic carbocycles. The van der Waals surface area contributed by atoms with Gasteiger partial charge in [0.05, 0.1) is 14.2 Å². The number of aldehydes is 1.